The van der Waals surface area contributed by atoms with Crippen LogP contribution in [0.2, 0.25) is 0 Å². The molecule has 5 nitrogen and oxygen atoms in total. The van der Waals surface area contributed by atoms with E-state index in [9.17, 15) is 4.79 Å². The first kappa shape index (κ1) is 18.6. The quantitative estimate of drug-likeness (QED) is 0.508. The van der Waals surface area contributed by atoms with Crippen LogP contribution in [-0.4, -0.2) is 52.4 Å². The average molecular weight is 411 g/mol. The van der Waals surface area contributed by atoms with Crippen LogP contribution in [0.25, 0.3) is 21.8 Å². The maximum absolute atomic E-state index is 13.3. The highest BCUT2D eigenvalue weighted by molar-refractivity contribution is 5.98. The molecular formula is C26H26N4O. The van der Waals surface area contributed by atoms with Gasteiger partial charge in [-0.3, -0.25) is 14.7 Å². The Balaban J connectivity index is 1.29. The lowest BCUT2D eigenvalue weighted by Gasteiger charge is -2.49. The second kappa shape index (κ2) is 6.92. The molecule has 1 saturated heterocycles. The number of aromatic nitrogens is 2. The number of H-pyrrole nitrogens is 1. The number of para-hydroxylation sites is 1. The zero-order valence-corrected chi connectivity index (χ0v) is 17.8. The van der Waals surface area contributed by atoms with Crippen molar-refractivity contribution in [2.24, 2.45) is 0 Å². The topological polar surface area (TPSA) is 52.2 Å². The highest BCUT2D eigenvalue weighted by Gasteiger charge is 2.45. The Morgan fingerprint density at radius 3 is 2.74 bits per heavy atom. The molecule has 156 valence electrons. The van der Waals surface area contributed by atoms with E-state index in [4.69, 9.17) is 0 Å². The minimum atomic E-state index is -0.0172. The van der Waals surface area contributed by atoms with Crippen LogP contribution in [0.15, 0.2) is 60.8 Å². The summed E-state index contributed by atoms with van der Waals surface area (Å²) in [5.41, 5.74) is 5.72. The molecule has 0 atom stereocenters. The van der Waals surface area contributed by atoms with Gasteiger partial charge < -0.3 is 9.88 Å². The van der Waals surface area contributed by atoms with E-state index in [2.05, 4.69) is 46.2 Å². The van der Waals surface area contributed by atoms with Crippen molar-refractivity contribution < 1.29 is 4.79 Å². The van der Waals surface area contributed by atoms with Gasteiger partial charge >= 0.3 is 0 Å². The first-order chi connectivity index (χ1) is 15.2. The lowest BCUT2D eigenvalue weighted by Crippen LogP contribution is -2.55. The summed E-state index contributed by atoms with van der Waals surface area (Å²) in [4.78, 5) is 25.9. The number of amides is 1. The van der Waals surface area contributed by atoms with Gasteiger partial charge in [-0.25, -0.2) is 0 Å². The van der Waals surface area contributed by atoms with E-state index in [0.29, 0.717) is 0 Å². The van der Waals surface area contributed by atoms with Crippen LogP contribution in [-0.2, 0) is 12.0 Å². The van der Waals surface area contributed by atoms with Gasteiger partial charge in [0, 0.05) is 53.4 Å². The van der Waals surface area contributed by atoms with E-state index in [1.165, 1.54) is 22.2 Å². The van der Waals surface area contributed by atoms with Crippen LogP contribution in [0.3, 0.4) is 0 Å². The summed E-state index contributed by atoms with van der Waals surface area (Å²) in [5.74, 6) is 0.121. The highest BCUT2D eigenvalue weighted by atomic mass is 16.2. The second-order valence-electron chi connectivity index (χ2n) is 8.93. The number of hydrogen-bond donors (Lipinski definition) is 1. The number of nitrogens with one attached hydrogen (secondary N) is 1. The summed E-state index contributed by atoms with van der Waals surface area (Å²) in [5, 5.41) is 2.37. The van der Waals surface area contributed by atoms with Crippen molar-refractivity contribution in [2.75, 3.05) is 26.7 Å². The third-order valence-corrected chi connectivity index (χ3v) is 7.43. The molecule has 1 spiro atoms. The Hall–Kier alpha value is -3.18. The van der Waals surface area contributed by atoms with Crippen molar-refractivity contribution in [3.63, 3.8) is 0 Å². The smallest absolute Gasteiger partial charge is 0.253 e. The number of hydrogen-bond acceptors (Lipinski definition) is 3. The Morgan fingerprint density at radius 1 is 1.03 bits per heavy atom. The Morgan fingerprint density at radius 2 is 1.87 bits per heavy atom. The molecule has 31 heavy (non-hydrogen) atoms. The summed E-state index contributed by atoms with van der Waals surface area (Å²) < 4.78 is 0. The van der Waals surface area contributed by atoms with Gasteiger partial charge in [0.05, 0.1) is 11.1 Å². The fraction of sp³-hybridized carbons (Fsp3) is 0.308. The summed E-state index contributed by atoms with van der Waals surface area (Å²) in [6.45, 7) is 2.59. The number of carbonyl (C=O) groups is 1. The number of carbonyl (C=O) groups excluding carboxylic acids is 1. The number of nitrogens with zero attached hydrogens (tertiary/aromatic N) is 3. The van der Waals surface area contributed by atoms with Crippen molar-refractivity contribution in [1.82, 2.24) is 19.8 Å². The fourth-order valence-electron chi connectivity index (χ4n) is 5.64. The molecule has 0 radical (unpaired) electrons. The van der Waals surface area contributed by atoms with Crippen molar-refractivity contribution in [3.8, 4) is 0 Å². The number of pyridine rings is 1. The minimum absolute atomic E-state index is 0.0172. The van der Waals surface area contributed by atoms with Crippen molar-refractivity contribution >= 4 is 27.7 Å². The molecule has 1 amide bonds. The molecule has 4 aromatic rings. The van der Waals surface area contributed by atoms with Crippen LogP contribution in [0, 0.1) is 0 Å². The predicted octanol–water partition coefficient (Wildman–Crippen LogP) is 4.34. The molecule has 2 aromatic carbocycles. The first-order valence-corrected chi connectivity index (χ1v) is 11.1. The normalized spacial score (nSPS) is 18.5. The molecule has 1 fully saturated rings. The van der Waals surface area contributed by atoms with E-state index in [1.807, 2.05) is 35.2 Å². The molecule has 0 bridgehead atoms. The van der Waals surface area contributed by atoms with Crippen LogP contribution < -0.4 is 0 Å². The maximum atomic E-state index is 13.3. The molecule has 4 heterocycles. The molecule has 5 heteroatoms. The molecule has 0 unspecified atom stereocenters. The Kier molecular flexibility index (Phi) is 4.15. The van der Waals surface area contributed by atoms with Crippen molar-refractivity contribution in [1.29, 1.82) is 0 Å². The van der Waals surface area contributed by atoms with E-state index < -0.39 is 0 Å². The largest absolute Gasteiger partial charge is 0.357 e. The number of fused-ring (bicyclic) bond motifs is 5. The van der Waals surface area contributed by atoms with Crippen LogP contribution in [0.5, 0.6) is 0 Å². The van der Waals surface area contributed by atoms with E-state index in [1.54, 1.807) is 6.20 Å². The predicted molar refractivity (Wildman–Crippen MR) is 123 cm³/mol. The van der Waals surface area contributed by atoms with E-state index in [-0.39, 0.29) is 11.4 Å². The molecule has 6 rings (SSSR count). The van der Waals surface area contributed by atoms with Gasteiger partial charge in [-0.2, -0.15) is 0 Å². The number of piperidine rings is 1. The van der Waals surface area contributed by atoms with Gasteiger partial charge in [-0.1, -0.05) is 24.3 Å². The van der Waals surface area contributed by atoms with Crippen LogP contribution in [0.4, 0.5) is 0 Å². The molecule has 1 N–H and O–H groups in total. The van der Waals surface area contributed by atoms with E-state index in [0.717, 1.165) is 55.4 Å². The highest BCUT2D eigenvalue weighted by Crippen LogP contribution is 2.44. The molecule has 0 saturated carbocycles. The number of rotatable bonds is 1. The summed E-state index contributed by atoms with van der Waals surface area (Å²) in [6, 6.07) is 18.4. The lowest BCUT2D eigenvalue weighted by atomic mass is 9.77. The fourth-order valence-corrected chi connectivity index (χ4v) is 5.64. The Bertz CT molecular complexity index is 1300. The van der Waals surface area contributed by atoms with Crippen molar-refractivity contribution in [3.05, 3.63) is 77.6 Å². The molecule has 2 aliphatic heterocycles. The van der Waals surface area contributed by atoms with Crippen LogP contribution >= 0.6 is 0 Å². The first-order valence-electron chi connectivity index (χ1n) is 11.1. The van der Waals surface area contributed by atoms with Gasteiger partial charge in [0.15, 0.2) is 0 Å². The lowest BCUT2D eigenvalue weighted by molar-refractivity contribution is 0.0231. The van der Waals surface area contributed by atoms with Crippen LogP contribution in [0.1, 0.15) is 34.5 Å². The second-order valence-corrected chi connectivity index (χ2v) is 8.93. The summed E-state index contributed by atoms with van der Waals surface area (Å²) in [7, 11) is 2.24. The molecule has 2 aromatic heterocycles. The van der Waals surface area contributed by atoms with Gasteiger partial charge in [-0.05, 0) is 62.2 Å². The third-order valence-electron chi connectivity index (χ3n) is 7.43. The Labute approximate surface area is 181 Å². The summed E-state index contributed by atoms with van der Waals surface area (Å²) in [6.07, 6.45) is 4.76. The number of benzene rings is 2. The number of aromatic amines is 1. The minimum Gasteiger partial charge on any atom is -0.357 e. The monoisotopic (exact) mass is 410 g/mol. The standard InChI is InChI=1S/C26H26N4O/c1-29-14-10-21-20-6-2-3-7-23(20)28-24(21)26(29)11-15-30(16-12-26)25(31)19-8-9-22-18(17-19)5-4-13-27-22/h2-9,13,17,28H,10-12,14-16H2,1H3. The molecule has 0 aliphatic carbocycles. The zero-order chi connectivity index (χ0) is 21.0. The van der Waals surface area contributed by atoms with Gasteiger partial charge in [0.25, 0.3) is 5.91 Å². The molecule has 2 aliphatic rings. The number of likely N-dealkylation sites (N-methyl/N-ethyl adjacent to an activating group) is 1. The van der Waals surface area contributed by atoms with Gasteiger partial charge in [0.1, 0.15) is 0 Å². The van der Waals surface area contributed by atoms with Gasteiger partial charge in [-0.15, -0.1) is 0 Å². The van der Waals surface area contributed by atoms with Gasteiger partial charge in [0.2, 0.25) is 0 Å². The third kappa shape index (κ3) is 2.80. The van der Waals surface area contributed by atoms with E-state index >= 15 is 0 Å². The number of likely N-dealkylation sites (tertiary alicyclic amines) is 1. The van der Waals surface area contributed by atoms with Crippen molar-refractivity contribution in [2.45, 2.75) is 24.8 Å². The summed E-state index contributed by atoms with van der Waals surface area (Å²) >= 11 is 0. The maximum Gasteiger partial charge on any atom is 0.253 e. The average Bonchev–Trinajstić information content (AvgIpc) is 3.21. The SMILES string of the molecule is CN1CCc2c([nH]c3ccccc23)C12CCN(C(=O)c1ccc3ncccc3c1)CC2. The molecular weight excluding hydrogens is 384 g/mol. The zero-order valence-electron chi connectivity index (χ0n) is 17.8.